The third kappa shape index (κ3) is 5.36. The van der Waals surface area contributed by atoms with Crippen LogP contribution in [0.25, 0.3) is 11.1 Å². The van der Waals surface area contributed by atoms with Crippen LogP contribution >= 0.6 is 0 Å². The Hall–Kier alpha value is -4.31. The number of anilines is 1. The first-order valence-corrected chi connectivity index (χ1v) is 11.2. The van der Waals surface area contributed by atoms with Gasteiger partial charge in [0.1, 0.15) is 5.75 Å². The number of nitrogens with zero attached hydrogens (tertiary/aromatic N) is 1. The lowest BCUT2D eigenvalue weighted by molar-refractivity contribution is 0.202. The van der Waals surface area contributed by atoms with Crippen molar-refractivity contribution >= 4 is 22.9 Å². The fraction of sp³-hybridized carbons (Fsp3) is 0.100. The normalized spacial score (nSPS) is 11.4. The molecule has 0 aliphatic heterocycles. The average molecular weight is 450 g/mol. The van der Waals surface area contributed by atoms with Crippen molar-refractivity contribution in [1.82, 2.24) is 0 Å². The molecule has 1 amide bonds. The van der Waals surface area contributed by atoms with E-state index in [1.54, 1.807) is 7.11 Å². The van der Waals surface area contributed by atoms with E-state index in [0.29, 0.717) is 18.7 Å². The van der Waals surface area contributed by atoms with Crippen molar-refractivity contribution in [2.24, 2.45) is 0 Å². The summed E-state index contributed by atoms with van der Waals surface area (Å²) in [7, 11) is 1.66. The molecule has 0 atom stereocenters. The van der Waals surface area contributed by atoms with E-state index in [0.717, 1.165) is 33.6 Å². The van der Waals surface area contributed by atoms with Crippen molar-refractivity contribution in [1.29, 1.82) is 0 Å². The Kier molecular flexibility index (Phi) is 7.41. The van der Waals surface area contributed by atoms with Crippen LogP contribution in [0.2, 0.25) is 0 Å². The second-order valence-corrected chi connectivity index (χ2v) is 7.83. The van der Waals surface area contributed by atoms with Crippen LogP contribution in [0.5, 0.6) is 5.75 Å². The van der Waals surface area contributed by atoms with Gasteiger partial charge in [-0.05, 0) is 58.5 Å². The molecular formula is C30H27NO3. The summed E-state index contributed by atoms with van der Waals surface area (Å²) < 4.78 is 5.37. The Morgan fingerprint density at radius 3 is 1.74 bits per heavy atom. The first-order valence-electron chi connectivity index (χ1n) is 11.2. The molecule has 0 aliphatic carbocycles. The van der Waals surface area contributed by atoms with Gasteiger partial charge in [-0.1, -0.05) is 91.0 Å². The zero-order valence-corrected chi connectivity index (χ0v) is 19.1. The third-order valence-electron chi connectivity index (χ3n) is 5.75. The Balaban J connectivity index is 1.85. The van der Waals surface area contributed by atoms with E-state index >= 15 is 0 Å². The quantitative estimate of drug-likeness (QED) is 0.289. The number of para-hydroxylation sites is 1. The zero-order chi connectivity index (χ0) is 23.8. The summed E-state index contributed by atoms with van der Waals surface area (Å²) in [6, 6.07) is 37.6. The lowest BCUT2D eigenvalue weighted by atomic mass is 9.87. The first-order chi connectivity index (χ1) is 16.7. The molecule has 0 spiro atoms. The molecule has 170 valence electrons. The summed E-state index contributed by atoms with van der Waals surface area (Å²) in [6.45, 7) is 0.329. The summed E-state index contributed by atoms with van der Waals surface area (Å²) in [4.78, 5) is 13.5. The van der Waals surface area contributed by atoms with Crippen molar-refractivity contribution in [2.45, 2.75) is 6.42 Å². The molecular weight excluding hydrogens is 422 g/mol. The Bertz CT molecular complexity index is 1230. The molecule has 4 aromatic rings. The van der Waals surface area contributed by atoms with Crippen LogP contribution in [-0.4, -0.2) is 24.9 Å². The van der Waals surface area contributed by atoms with E-state index in [1.165, 1.54) is 4.90 Å². The largest absolute Gasteiger partial charge is 0.497 e. The van der Waals surface area contributed by atoms with Crippen molar-refractivity contribution < 1.29 is 14.6 Å². The molecule has 4 rings (SSSR count). The Labute approximate surface area is 200 Å². The molecule has 0 saturated heterocycles. The van der Waals surface area contributed by atoms with E-state index < -0.39 is 6.09 Å². The number of amides is 1. The van der Waals surface area contributed by atoms with E-state index in [4.69, 9.17) is 4.74 Å². The third-order valence-corrected chi connectivity index (χ3v) is 5.75. The van der Waals surface area contributed by atoms with Crippen molar-refractivity contribution in [3.8, 4) is 5.75 Å². The van der Waals surface area contributed by atoms with Gasteiger partial charge >= 0.3 is 6.09 Å². The first kappa shape index (κ1) is 22.9. The molecule has 4 nitrogen and oxygen atoms in total. The smallest absolute Gasteiger partial charge is 0.411 e. The lowest BCUT2D eigenvalue weighted by Gasteiger charge is -2.23. The van der Waals surface area contributed by atoms with Crippen molar-refractivity contribution in [3.05, 3.63) is 132 Å². The van der Waals surface area contributed by atoms with Gasteiger partial charge < -0.3 is 9.84 Å². The highest BCUT2D eigenvalue weighted by Gasteiger charge is 2.19. The molecule has 0 radical (unpaired) electrons. The fourth-order valence-corrected chi connectivity index (χ4v) is 4.10. The van der Waals surface area contributed by atoms with Gasteiger partial charge in [-0.2, -0.15) is 0 Å². The summed E-state index contributed by atoms with van der Waals surface area (Å²) in [5.41, 5.74) is 6.01. The molecule has 0 aromatic heterocycles. The fourth-order valence-electron chi connectivity index (χ4n) is 4.10. The number of hydrogen-bond acceptors (Lipinski definition) is 2. The van der Waals surface area contributed by atoms with Crippen molar-refractivity contribution in [2.75, 3.05) is 18.6 Å². The van der Waals surface area contributed by atoms with Gasteiger partial charge in [0, 0.05) is 12.2 Å². The minimum Gasteiger partial charge on any atom is -0.497 e. The van der Waals surface area contributed by atoms with Crippen LogP contribution in [-0.2, 0) is 0 Å². The second kappa shape index (κ2) is 11.0. The van der Waals surface area contributed by atoms with Gasteiger partial charge in [0.05, 0.1) is 7.11 Å². The molecule has 0 unspecified atom stereocenters. The number of carbonyl (C=O) groups is 1. The van der Waals surface area contributed by atoms with Crippen LogP contribution in [0.4, 0.5) is 10.5 Å². The number of methoxy groups -OCH3 is 1. The maximum absolute atomic E-state index is 12.1. The van der Waals surface area contributed by atoms with E-state index in [-0.39, 0.29) is 0 Å². The van der Waals surface area contributed by atoms with Crippen LogP contribution in [0.15, 0.2) is 115 Å². The summed E-state index contributed by atoms with van der Waals surface area (Å²) in [5.74, 6) is 0.790. The predicted molar refractivity (Wildman–Crippen MR) is 138 cm³/mol. The zero-order valence-electron chi connectivity index (χ0n) is 19.1. The Morgan fingerprint density at radius 2 is 1.21 bits per heavy atom. The van der Waals surface area contributed by atoms with Gasteiger partial charge in [-0.25, -0.2) is 4.79 Å². The number of benzene rings is 4. The maximum atomic E-state index is 12.1. The highest BCUT2D eigenvalue weighted by atomic mass is 16.5. The van der Waals surface area contributed by atoms with Gasteiger partial charge in [0.2, 0.25) is 0 Å². The van der Waals surface area contributed by atoms with Crippen LogP contribution in [0.3, 0.4) is 0 Å². The highest BCUT2D eigenvalue weighted by molar-refractivity contribution is 5.99. The summed E-state index contributed by atoms with van der Waals surface area (Å²) >= 11 is 0. The molecule has 34 heavy (non-hydrogen) atoms. The topological polar surface area (TPSA) is 49.8 Å². The van der Waals surface area contributed by atoms with E-state index in [2.05, 4.69) is 36.4 Å². The van der Waals surface area contributed by atoms with Gasteiger partial charge in [-0.15, -0.1) is 0 Å². The number of hydrogen-bond donors (Lipinski definition) is 1. The molecule has 0 bridgehead atoms. The van der Waals surface area contributed by atoms with Crippen LogP contribution < -0.4 is 9.64 Å². The molecule has 0 heterocycles. The predicted octanol–water partition coefficient (Wildman–Crippen LogP) is 7.23. The molecule has 4 aromatic carbocycles. The lowest BCUT2D eigenvalue weighted by Crippen LogP contribution is -2.30. The summed E-state index contributed by atoms with van der Waals surface area (Å²) in [5, 5.41) is 9.94. The monoisotopic (exact) mass is 449 g/mol. The molecule has 1 N–H and O–H groups in total. The SMILES string of the molecule is COc1ccc(/C(=C(/CCN(C(=O)O)c2ccccc2)c2ccccc2)c2ccccc2)cc1. The molecule has 0 saturated carbocycles. The molecule has 0 fully saturated rings. The number of carboxylic acid groups (broad SMARTS) is 1. The second-order valence-electron chi connectivity index (χ2n) is 7.83. The molecule has 4 heteroatoms. The van der Waals surface area contributed by atoms with Crippen LogP contribution in [0, 0.1) is 0 Å². The molecule has 0 aliphatic rings. The maximum Gasteiger partial charge on any atom is 0.411 e. The van der Waals surface area contributed by atoms with Gasteiger partial charge in [-0.3, -0.25) is 4.90 Å². The van der Waals surface area contributed by atoms with Crippen molar-refractivity contribution in [3.63, 3.8) is 0 Å². The van der Waals surface area contributed by atoms with E-state index in [9.17, 15) is 9.90 Å². The standard InChI is InChI=1S/C30H27NO3/c1-34-27-19-17-25(18-20-27)29(24-13-7-3-8-14-24)28(23-11-5-2-6-12-23)21-22-31(30(32)33)26-15-9-4-10-16-26/h2-20H,21-22H2,1H3,(H,32,33)/b29-28-. The average Bonchev–Trinajstić information content (AvgIpc) is 2.90. The minimum atomic E-state index is -0.968. The van der Waals surface area contributed by atoms with Crippen LogP contribution in [0.1, 0.15) is 23.1 Å². The highest BCUT2D eigenvalue weighted by Crippen LogP contribution is 2.35. The Morgan fingerprint density at radius 1 is 0.706 bits per heavy atom. The van der Waals surface area contributed by atoms with E-state index in [1.807, 2.05) is 78.9 Å². The minimum absolute atomic E-state index is 0.329. The number of rotatable bonds is 8. The number of ether oxygens (including phenoxy) is 1. The van der Waals surface area contributed by atoms with Gasteiger partial charge in [0.15, 0.2) is 0 Å². The van der Waals surface area contributed by atoms with Gasteiger partial charge in [0.25, 0.3) is 0 Å². The summed E-state index contributed by atoms with van der Waals surface area (Å²) in [6.07, 6.45) is -0.425.